The normalized spacial score (nSPS) is 13.2. The minimum absolute atomic E-state index is 0.993. The molecule has 3 heteroatoms. The largest absolute Gasteiger partial charge is 0.255 e. The van der Waals surface area contributed by atoms with Crippen LogP contribution in [0.15, 0.2) is 114 Å². The number of benzene rings is 4. The van der Waals surface area contributed by atoms with Gasteiger partial charge in [0.05, 0.1) is 0 Å². The van der Waals surface area contributed by atoms with E-state index in [1.807, 2.05) is 0 Å². The van der Waals surface area contributed by atoms with Gasteiger partial charge in [0.25, 0.3) is 6.33 Å². The topological polar surface area (TPSA) is 8.29 Å². The van der Waals surface area contributed by atoms with E-state index in [2.05, 4.69) is 134 Å². The van der Waals surface area contributed by atoms with Gasteiger partial charge in [-0.3, -0.25) is 0 Å². The number of fused-ring (bicyclic) bond motifs is 2. The number of hydrogen-bond acceptors (Lipinski definition) is 0. The molecule has 0 spiro atoms. The summed E-state index contributed by atoms with van der Waals surface area (Å²) in [5.41, 5.74) is 10.8. The molecule has 2 nitrogen and oxygen atoms in total. The third-order valence-electron chi connectivity index (χ3n) is 7.57. The van der Waals surface area contributed by atoms with Crippen LogP contribution in [0, 0.1) is 0 Å². The monoisotopic (exact) mass is 529 g/mol. The zero-order valence-corrected chi connectivity index (χ0v) is 21.6. The fraction of sp³-hybridized carbons (Fsp3) is 0.121. The average molecular weight is 530 g/mol. The molecule has 4 bridgehead atoms. The maximum atomic E-state index is 3.70. The van der Waals surface area contributed by atoms with Gasteiger partial charge in [0.1, 0.15) is 11.9 Å². The standard InChI is InChI=1S/C33H26BrN2/c34-33-10-4-7-28-21-35(22-36(28)33)32-20-24-12-11-23-13-15-26(17-18-27(32)16-14-24)31(19-23)30-9-3-6-25-5-1-2-8-29(25)30/h1-10,13-16,19-22H,11-12,17-18H2/q+1. The molecular weight excluding hydrogens is 504 g/mol. The SMILES string of the molecule is Brc1cccc2c[n+](-c3cc4ccc3CCc3ccc(cc3-c3cccc5ccccc35)CC4)cn12. The third-order valence-corrected chi connectivity index (χ3v) is 8.21. The fourth-order valence-electron chi connectivity index (χ4n) is 5.65. The number of nitrogens with zero attached hydrogens (tertiary/aromatic N) is 2. The summed E-state index contributed by atoms with van der Waals surface area (Å²) in [5.74, 6) is 0. The van der Waals surface area contributed by atoms with Crippen molar-refractivity contribution in [3.05, 3.63) is 136 Å². The summed E-state index contributed by atoms with van der Waals surface area (Å²) in [4.78, 5) is 0. The van der Waals surface area contributed by atoms with Gasteiger partial charge in [0.15, 0.2) is 10.1 Å². The van der Waals surface area contributed by atoms with E-state index in [-0.39, 0.29) is 0 Å². The number of pyridine rings is 1. The number of halogens is 1. The summed E-state index contributed by atoms with van der Waals surface area (Å²) >= 11 is 3.70. The van der Waals surface area contributed by atoms with Crippen LogP contribution in [0.2, 0.25) is 0 Å². The highest BCUT2D eigenvalue weighted by molar-refractivity contribution is 9.10. The van der Waals surface area contributed by atoms with Crippen molar-refractivity contribution in [1.82, 2.24) is 4.40 Å². The van der Waals surface area contributed by atoms with Gasteiger partial charge < -0.3 is 0 Å². The lowest BCUT2D eigenvalue weighted by molar-refractivity contribution is -0.594. The maximum absolute atomic E-state index is 3.70. The molecule has 10 rings (SSSR count). The molecule has 2 aromatic heterocycles. The highest BCUT2D eigenvalue weighted by Crippen LogP contribution is 2.33. The Morgan fingerprint density at radius 3 is 2.28 bits per heavy atom. The first-order valence-electron chi connectivity index (χ1n) is 12.6. The predicted molar refractivity (Wildman–Crippen MR) is 151 cm³/mol. The molecule has 4 aliphatic rings. The molecule has 36 heavy (non-hydrogen) atoms. The summed E-state index contributed by atoms with van der Waals surface area (Å²) in [5, 5.41) is 2.63. The van der Waals surface area contributed by atoms with E-state index >= 15 is 0 Å². The van der Waals surface area contributed by atoms with Crippen LogP contribution >= 0.6 is 15.9 Å². The Labute approximate surface area is 219 Å². The number of hydrogen-bond donors (Lipinski definition) is 0. The van der Waals surface area contributed by atoms with Crippen molar-refractivity contribution in [1.29, 1.82) is 0 Å². The molecule has 0 fully saturated rings. The summed E-state index contributed by atoms with van der Waals surface area (Å²) in [6, 6.07) is 36.0. The molecular formula is C33H26BrN2+. The first-order valence-corrected chi connectivity index (χ1v) is 13.4. The number of imidazole rings is 1. The zero-order valence-electron chi connectivity index (χ0n) is 20.0. The van der Waals surface area contributed by atoms with Gasteiger partial charge in [-0.25, -0.2) is 4.57 Å². The molecule has 6 aromatic rings. The van der Waals surface area contributed by atoms with Crippen LogP contribution in [0.1, 0.15) is 22.3 Å². The van der Waals surface area contributed by atoms with Gasteiger partial charge in [-0.05, 0) is 104 Å². The molecule has 4 aliphatic carbocycles. The highest BCUT2D eigenvalue weighted by Gasteiger charge is 2.18. The van der Waals surface area contributed by atoms with Crippen molar-refractivity contribution in [3.63, 3.8) is 0 Å². The highest BCUT2D eigenvalue weighted by atomic mass is 79.9. The minimum Gasteiger partial charge on any atom is -0.201 e. The molecule has 0 saturated heterocycles. The maximum Gasteiger partial charge on any atom is 0.255 e. The average Bonchev–Trinajstić information content (AvgIpc) is 3.35. The Morgan fingerprint density at radius 2 is 1.39 bits per heavy atom. The van der Waals surface area contributed by atoms with E-state index in [1.54, 1.807) is 0 Å². The molecule has 2 heterocycles. The van der Waals surface area contributed by atoms with Crippen molar-refractivity contribution in [2.75, 3.05) is 0 Å². The summed E-state index contributed by atoms with van der Waals surface area (Å²) in [6.07, 6.45) is 8.47. The second-order valence-electron chi connectivity index (χ2n) is 9.78. The van der Waals surface area contributed by atoms with Crippen LogP contribution < -0.4 is 4.57 Å². The molecule has 0 radical (unpaired) electrons. The van der Waals surface area contributed by atoms with E-state index < -0.39 is 0 Å². The van der Waals surface area contributed by atoms with E-state index in [0.29, 0.717) is 0 Å². The van der Waals surface area contributed by atoms with Gasteiger partial charge in [0.2, 0.25) is 0 Å². The van der Waals surface area contributed by atoms with Crippen molar-refractivity contribution in [2.24, 2.45) is 0 Å². The molecule has 0 saturated carbocycles. The van der Waals surface area contributed by atoms with Gasteiger partial charge in [-0.1, -0.05) is 78.9 Å². The van der Waals surface area contributed by atoms with Crippen LogP contribution in [0.3, 0.4) is 0 Å². The van der Waals surface area contributed by atoms with Crippen molar-refractivity contribution >= 4 is 32.2 Å². The molecule has 0 atom stereocenters. The van der Waals surface area contributed by atoms with Gasteiger partial charge >= 0.3 is 0 Å². The second-order valence-corrected chi connectivity index (χ2v) is 10.6. The second kappa shape index (κ2) is 8.76. The summed E-state index contributed by atoms with van der Waals surface area (Å²) < 4.78 is 5.54. The smallest absolute Gasteiger partial charge is 0.201 e. The Morgan fingerprint density at radius 1 is 0.639 bits per heavy atom. The van der Waals surface area contributed by atoms with E-state index in [0.717, 1.165) is 30.3 Å². The van der Waals surface area contributed by atoms with Crippen LogP contribution in [0.5, 0.6) is 0 Å². The third kappa shape index (κ3) is 3.75. The Balaban J connectivity index is 1.35. The number of rotatable bonds is 2. The van der Waals surface area contributed by atoms with Crippen LogP contribution in [0.4, 0.5) is 0 Å². The predicted octanol–water partition coefficient (Wildman–Crippen LogP) is 7.68. The van der Waals surface area contributed by atoms with E-state index in [1.165, 1.54) is 55.4 Å². The van der Waals surface area contributed by atoms with Crippen molar-refractivity contribution in [3.8, 4) is 16.8 Å². The molecule has 0 amide bonds. The van der Waals surface area contributed by atoms with Gasteiger partial charge in [-0.15, -0.1) is 0 Å². The lowest BCUT2D eigenvalue weighted by atomic mass is 9.88. The molecule has 0 N–H and O–H groups in total. The first-order chi connectivity index (χ1) is 17.7. The van der Waals surface area contributed by atoms with Crippen LogP contribution in [-0.4, -0.2) is 4.40 Å². The van der Waals surface area contributed by atoms with Crippen molar-refractivity contribution in [2.45, 2.75) is 25.7 Å². The lowest BCUT2D eigenvalue weighted by Crippen LogP contribution is -2.29. The molecule has 0 aliphatic heterocycles. The fourth-order valence-corrected chi connectivity index (χ4v) is 6.10. The lowest BCUT2D eigenvalue weighted by Gasteiger charge is -2.17. The summed E-state index contributed by atoms with van der Waals surface area (Å²) in [6.45, 7) is 0. The number of aromatic nitrogens is 2. The molecule has 174 valence electrons. The van der Waals surface area contributed by atoms with E-state index in [9.17, 15) is 0 Å². The van der Waals surface area contributed by atoms with Crippen LogP contribution in [-0.2, 0) is 25.7 Å². The zero-order chi connectivity index (χ0) is 24.1. The Hall–Kier alpha value is -3.69. The first kappa shape index (κ1) is 21.6. The molecule has 0 unspecified atom stereocenters. The van der Waals surface area contributed by atoms with Crippen LogP contribution in [0.25, 0.3) is 33.1 Å². The van der Waals surface area contributed by atoms with Gasteiger partial charge in [-0.2, -0.15) is 4.40 Å². The quantitative estimate of drug-likeness (QED) is 0.160. The van der Waals surface area contributed by atoms with E-state index in [4.69, 9.17) is 0 Å². The minimum atomic E-state index is 0.993. The number of aryl methyl sites for hydroxylation is 4. The van der Waals surface area contributed by atoms with Gasteiger partial charge in [0, 0.05) is 0 Å². The summed E-state index contributed by atoms with van der Waals surface area (Å²) in [7, 11) is 0. The Kier molecular flexibility index (Phi) is 5.25. The van der Waals surface area contributed by atoms with Crippen molar-refractivity contribution < 1.29 is 4.57 Å². The molecule has 4 aromatic carbocycles. The Bertz CT molecular complexity index is 1760.